The molecule has 1 saturated carbocycles. The standard InChI is InChI=1S/C8H15N3/c9-8(3-1-2-4-8)7-10-5-6-11-7/h1-6,9H2,(H,10,11). The lowest BCUT2D eigenvalue weighted by molar-refractivity contribution is 0.575. The molecule has 0 radical (unpaired) electrons. The van der Waals surface area contributed by atoms with Crippen LogP contribution in [0.5, 0.6) is 0 Å². The number of amidine groups is 1. The fraction of sp³-hybridized carbons (Fsp3) is 0.875. The Morgan fingerprint density at radius 2 is 2.09 bits per heavy atom. The number of nitrogens with one attached hydrogen (secondary N) is 1. The molecule has 0 aromatic rings. The molecule has 1 aliphatic heterocycles. The summed E-state index contributed by atoms with van der Waals surface area (Å²) in [5.74, 6) is 1.06. The van der Waals surface area contributed by atoms with Gasteiger partial charge in [-0.15, -0.1) is 0 Å². The molecule has 2 rings (SSSR count). The molecule has 3 nitrogen and oxygen atoms in total. The van der Waals surface area contributed by atoms with Crippen LogP contribution in [0, 0.1) is 0 Å². The summed E-state index contributed by atoms with van der Waals surface area (Å²) in [7, 11) is 0. The molecule has 62 valence electrons. The van der Waals surface area contributed by atoms with E-state index in [-0.39, 0.29) is 5.54 Å². The Balaban J connectivity index is 2.12. The van der Waals surface area contributed by atoms with Crippen molar-refractivity contribution in [2.24, 2.45) is 10.7 Å². The average molecular weight is 153 g/mol. The number of hydrogen-bond donors (Lipinski definition) is 2. The molecule has 0 spiro atoms. The zero-order valence-electron chi connectivity index (χ0n) is 6.77. The van der Waals surface area contributed by atoms with Crippen molar-refractivity contribution in [1.82, 2.24) is 5.32 Å². The number of nitrogens with zero attached hydrogens (tertiary/aromatic N) is 1. The maximum Gasteiger partial charge on any atom is 0.117 e. The molecule has 0 unspecified atom stereocenters. The van der Waals surface area contributed by atoms with Gasteiger partial charge < -0.3 is 11.1 Å². The lowest BCUT2D eigenvalue weighted by Crippen LogP contribution is -2.50. The molecule has 3 heteroatoms. The molecule has 0 saturated heterocycles. The van der Waals surface area contributed by atoms with Crippen molar-refractivity contribution in [2.45, 2.75) is 31.2 Å². The van der Waals surface area contributed by atoms with Gasteiger partial charge >= 0.3 is 0 Å². The fourth-order valence-electron chi connectivity index (χ4n) is 1.97. The normalized spacial score (nSPS) is 28.3. The average Bonchev–Trinajstić information content (AvgIpc) is 2.55. The highest BCUT2D eigenvalue weighted by Gasteiger charge is 2.35. The summed E-state index contributed by atoms with van der Waals surface area (Å²) in [4.78, 5) is 4.37. The van der Waals surface area contributed by atoms with Gasteiger partial charge in [0.25, 0.3) is 0 Å². The van der Waals surface area contributed by atoms with Crippen LogP contribution in [0.4, 0.5) is 0 Å². The molecule has 0 bridgehead atoms. The number of rotatable bonds is 1. The molecule has 1 fully saturated rings. The maximum atomic E-state index is 6.17. The van der Waals surface area contributed by atoms with Gasteiger partial charge in [0.2, 0.25) is 0 Å². The van der Waals surface area contributed by atoms with E-state index < -0.39 is 0 Å². The van der Waals surface area contributed by atoms with Crippen molar-refractivity contribution in [3.63, 3.8) is 0 Å². The SMILES string of the molecule is NC1(C2=NCCN2)CCCC1. The highest BCUT2D eigenvalue weighted by atomic mass is 15.1. The van der Waals surface area contributed by atoms with Gasteiger partial charge in [0.1, 0.15) is 5.84 Å². The van der Waals surface area contributed by atoms with Crippen molar-refractivity contribution in [2.75, 3.05) is 13.1 Å². The zero-order valence-corrected chi connectivity index (χ0v) is 6.77. The summed E-state index contributed by atoms with van der Waals surface area (Å²) < 4.78 is 0. The Bertz CT molecular complexity index is 180. The van der Waals surface area contributed by atoms with Crippen LogP contribution in [0.3, 0.4) is 0 Å². The van der Waals surface area contributed by atoms with E-state index in [0.29, 0.717) is 0 Å². The van der Waals surface area contributed by atoms with Gasteiger partial charge in [0, 0.05) is 6.54 Å². The highest BCUT2D eigenvalue weighted by molar-refractivity contribution is 5.92. The van der Waals surface area contributed by atoms with Crippen LogP contribution in [0.25, 0.3) is 0 Å². The van der Waals surface area contributed by atoms with Crippen molar-refractivity contribution < 1.29 is 0 Å². The third kappa shape index (κ3) is 1.13. The topological polar surface area (TPSA) is 50.4 Å². The smallest absolute Gasteiger partial charge is 0.117 e. The number of nitrogens with two attached hydrogens (primary N) is 1. The Labute approximate surface area is 67.1 Å². The molecule has 1 aliphatic carbocycles. The van der Waals surface area contributed by atoms with E-state index in [9.17, 15) is 0 Å². The zero-order chi connectivity index (χ0) is 7.73. The van der Waals surface area contributed by atoms with E-state index in [4.69, 9.17) is 5.73 Å². The Hall–Kier alpha value is -0.570. The van der Waals surface area contributed by atoms with E-state index >= 15 is 0 Å². The fourth-order valence-corrected chi connectivity index (χ4v) is 1.97. The predicted molar refractivity (Wildman–Crippen MR) is 45.7 cm³/mol. The second-order valence-electron chi connectivity index (χ2n) is 3.52. The van der Waals surface area contributed by atoms with Crippen molar-refractivity contribution >= 4 is 5.84 Å². The minimum atomic E-state index is -0.0868. The van der Waals surface area contributed by atoms with E-state index in [1.165, 1.54) is 12.8 Å². The molecule has 11 heavy (non-hydrogen) atoms. The first kappa shape index (κ1) is 7.10. The minimum absolute atomic E-state index is 0.0868. The lowest BCUT2D eigenvalue weighted by atomic mass is 9.98. The second-order valence-corrected chi connectivity index (χ2v) is 3.52. The third-order valence-electron chi connectivity index (χ3n) is 2.64. The van der Waals surface area contributed by atoms with Crippen LogP contribution in [0.1, 0.15) is 25.7 Å². The number of aliphatic imine (C=N–C) groups is 1. The van der Waals surface area contributed by atoms with E-state index in [1.807, 2.05) is 0 Å². The summed E-state index contributed by atoms with van der Waals surface area (Å²) in [5.41, 5.74) is 6.08. The predicted octanol–water partition coefficient (Wildman–Crippen LogP) is 0.260. The lowest BCUT2D eigenvalue weighted by Gasteiger charge is -2.23. The summed E-state index contributed by atoms with van der Waals surface area (Å²) in [6, 6.07) is 0. The summed E-state index contributed by atoms with van der Waals surface area (Å²) in [6.07, 6.45) is 4.74. The van der Waals surface area contributed by atoms with Crippen molar-refractivity contribution in [1.29, 1.82) is 0 Å². The largest absolute Gasteiger partial charge is 0.370 e. The molecular weight excluding hydrogens is 138 g/mol. The Kier molecular flexibility index (Phi) is 1.60. The van der Waals surface area contributed by atoms with E-state index in [0.717, 1.165) is 31.8 Å². The van der Waals surface area contributed by atoms with Crippen LogP contribution in [0.15, 0.2) is 4.99 Å². The van der Waals surface area contributed by atoms with E-state index in [2.05, 4.69) is 10.3 Å². The maximum absolute atomic E-state index is 6.17. The van der Waals surface area contributed by atoms with Gasteiger partial charge in [-0.05, 0) is 12.8 Å². The van der Waals surface area contributed by atoms with Gasteiger partial charge in [0.05, 0.1) is 12.1 Å². The van der Waals surface area contributed by atoms with Gasteiger partial charge in [-0.3, -0.25) is 4.99 Å². The Morgan fingerprint density at radius 1 is 1.36 bits per heavy atom. The first-order valence-corrected chi connectivity index (χ1v) is 4.39. The van der Waals surface area contributed by atoms with Crippen LogP contribution >= 0.6 is 0 Å². The molecule has 2 aliphatic rings. The first-order chi connectivity index (χ1) is 5.31. The quantitative estimate of drug-likeness (QED) is 0.567. The second kappa shape index (κ2) is 2.48. The summed E-state index contributed by atoms with van der Waals surface area (Å²) in [5, 5.41) is 3.26. The van der Waals surface area contributed by atoms with Crippen molar-refractivity contribution in [3.8, 4) is 0 Å². The van der Waals surface area contributed by atoms with Gasteiger partial charge in [-0.2, -0.15) is 0 Å². The molecule has 0 aromatic carbocycles. The molecular formula is C8H15N3. The van der Waals surface area contributed by atoms with Crippen LogP contribution < -0.4 is 11.1 Å². The molecule has 0 atom stereocenters. The monoisotopic (exact) mass is 153 g/mol. The summed E-state index contributed by atoms with van der Waals surface area (Å²) >= 11 is 0. The van der Waals surface area contributed by atoms with Crippen molar-refractivity contribution in [3.05, 3.63) is 0 Å². The third-order valence-corrected chi connectivity index (χ3v) is 2.64. The highest BCUT2D eigenvalue weighted by Crippen LogP contribution is 2.28. The van der Waals surface area contributed by atoms with Gasteiger partial charge in [-0.25, -0.2) is 0 Å². The van der Waals surface area contributed by atoms with Crippen LogP contribution in [-0.4, -0.2) is 24.5 Å². The van der Waals surface area contributed by atoms with Gasteiger partial charge in [-0.1, -0.05) is 12.8 Å². The molecule has 3 N–H and O–H groups in total. The molecule has 0 aromatic heterocycles. The van der Waals surface area contributed by atoms with Crippen LogP contribution in [-0.2, 0) is 0 Å². The first-order valence-electron chi connectivity index (χ1n) is 4.39. The van der Waals surface area contributed by atoms with E-state index in [1.54, 1.807) is 0 Å². The van der Waals surface area contributed by atoms with Crippen LogP contribution in [0.2, 0.25) is 0 Å². The molecule has 0 amide bonds. The minimum Gasteiger partial charge on any atom is -0.370 e. The summed E-state index contributed by atoms with van der Waals surface area (Å²) in [6.45, 7) is 1.89. The number of hydrogen-bond acceptors (Lipinski definition) is 3. The molecule has 1 heterocycles. The van der Waals surface area contributed by atoms with Gasteiger partial charge in [0.15, 0.2) is 0 Å². The Morgan fingerprint density at radius 3 is 2.64 bits per heavy atom.